The molecule has 3 fully saturated rings. The van der Waals surface area contributed by atoms with Crippen LogP contribution in [-0.4, -0.2) is 89.5 Å². The molecule has 4 amide bonds. The third kappa shape index (κ3) is 8.53. The molecule has 18 heteroatoms. The van der Waals surface area contributed by atoms with E-state index in [4.69, 9.17) is 19.2 Å². The number of alkyl halides is 3. The summed E-state index contributed by atoms with van der Waals surface area (Å²) in [5.74, 6) is -2.45. The molecule has 2 aromatic rings. The number of nitrogens with one attached hydrogen (secondary N) is 3. The molecular formula is C42H52F3N5O9S. The molecule has 1 aromatic heterocycles. The number of fused-ring (bicyclic) bond motifs is 5. The van der Waals surface area contributed by atoms with E-state index in [1.807, 2.05) is 43.3 Å². The zero-order chi connectivity index (χ0) is 43.4. The first-order valence-corrected chi connectivity index (χ1v) is 22.0. The highest BCUT2D eigenvalue weighted by Gasteiger charge is 2.63. The second kappa shape index (κ2) is 15.9. The number of ether oxygens (including phenoxy) is 3. The van der Waals surface area contributed by atoms with Gasteiger partial charge in [0.1, 0.15) is 23.4 Å². The summed E-state index contributed by atoms with van der Waals surface area (Å²) in [6, 6.07) is 6.15. The van der Waals surface area contributed by atoms with Gasteiger partial charge in [-0.25, -0.2) is 18.2 Å². The zero-order valence-corrected chi connectivity index (χ0v) is 35.1. The lowest BCUT2D eigenvalue weighted by Crippen LogP contribution is -2.57. The number of nitrogens with zero attached hydrogens (tertiary/aromatic N) is 2. The number of pyridine rings is 1. The number of aryl methyl sites for hydroxylation is 1. The number of carbonyl (C=O) groups is 4. The molecule has 7 rings (SSSR count). The summed E-state index contributed by atoms with van der Waals surface area (Å²) in [4.78, 5) is 62.3. The largest absolute Gasteiger partial charge is 0.491 e. The molecule has 2 saturated carbocycles. The van der Waals surface area contributed by atoms with Gasteiger partial charge in [0.2, 0.25) is 27.4 Å². The van der Waals surface area contributed by atoms with Gasteiger partial charge < -0.3 is 24.4 Å². The predicted octanol–water partition coefficient (Wildman–Crippen LogP) is 5.74. The second-order valence-corrected chi connectivity index (χ2v) is 19.9. The average Bonchev–Trinajstić information content (AvgIpc) is 4.06. The van der Waals surface area contributed by atoms with Crippen molar-refractivity contribution in [2.45, 2.75) is 127 Å². The van der Waals surface area contributed by atoms with Gasteiger partial charge in [-0.2, -0.15) is 13.2 Å². The Labute approximate surface area is 347 Å². The van der Waals surface area contributed by atoms with Crippen LogP contribution in [0.3, 0.4) is 0 Å². The number of aromatic nitrogens is 1. The highest BCUT2D eigenvalue weighted by atomic mass is 32.2. The van der Waals surface area contributed by atoms with Crippen molar-refractivity contribution in [1.29, 1.82) is 0 Å². The number of carbonyl (C=O) groups excluding carboxylic acids is 4. The molecule has 60 heavy (non-hydrogen) atoms. The Morgan fingerprint density at radius 1 is 1.10 bits per heavy atom. The van der Waals surface area contributed by atoms with Crippen LogP contribution in [0.4, 0.5) is 18.0 Å². The van der Waals surface area contributed by atoms with E-state index >= 15 is 0 Å². The van der Waals surface area contributed by atoms with Gasteiger partial charge in [-0.05, 0) is 90.0 Å². The van der Waals surface area contributed by atoms with Crippen molar-refractivity contribution >= 4 is 44.6 Å². The van der Waals surface area contributed by atoms with Gasteiger partial charge in [0.05, 0.1) is 23.6 Å². The molecule has 0 radical (unpaired) electrons. The minimum Gasteiger partial charge on any atom is -0.491 e. The second-order valence-electron chi connectivity index (χ2n) is 17.7. The Morgan fingerprint density at radius 3 is 2.52 bits per heavy atom. The van der Waals surface area contributed by atoms with Gasteiger partial charge in [0.15, 0.2) is 0 Å². The number of sulfonamides is 1. The maximum atomic E-state index is 14.8. The van der Waals surface area contributed by atoms with E-state index in [2.05, 4.69) is 15.4 Å². The van der Waals surface area contributed by atoms with Crippen LogP contribution in [0.1, 0.15) is 91.7 Å². The molecule has 1 aromatic carbocycles. The predicted molar refractivity (Wildman–Crippen MR) is 213 cm³/mol. The maximum absolute atomic E-state index is 14.8. The van der Waals surface area contributed by atoms with Crippen molar-refractivity contribution in [2.24, 2.45) is 17.8 Å². The summed E-state index contributed by atoms with van der Waals surface area (Å²) < 4.78 is 85.6. The Hall–Kier alpha value is -4.87. The van der Waals surface area contributed by atoms with E-state index < -0.39 is 79.9 Å². The van der Waals surface area contributed by atoms with Crippen LogP contribution < -0.4 is 24.8 Å². The van der Waals surface area contributed by atoms with Crippen LogP contribution in [0, 0.1) is 17.8 Å². The van der Waals surface area contributed by atoms with Gasteiger partial charge in [-0.1, -0.05) is 44.2 Å². The van der Waals surface area contributed by atoms with Crippen LogP contribution in [0.5, 0.6) is 11.6 Å². The smallest absolute Gasteiger partial charge is 0.427 e. The van der Waals surface area contributed by atoms with E-state index in [1.54, 1.807) is 13.8 Å². The molecule has 5 aliphatic rings. The summed E-state index contributed by atoms with van der Waals surface area (Å²) in [7, 11) is -4.07. The van der Waals surface area contributed by atoms with Crippen molar-refractivity contribution in [2.75, 3.05) is 13.2 Å². The van der Waals surface area contributed by atoms with Crippen LogP contribution in [0.15, 0.2) is 48.2 Å². The summed E-state index contributed by atoms with van der Waals surface area (Å²) >= 11 is 0. The van der Waals surface area contributed by atoms with Gasteiger partial charge in [0, 0.05) is 34.9 Å². The normalized spacial score (nSPS) is 28.8. The topological polar surface area (TPSA) is 182 Å². The SMILES string of the molecule is CC1CCC=CC2CC2(C(=O)NS(=O)(=O)C2(C)CC2)NC(=O)C2CC(Oc3nc4c(c5ccccc35)OCCC4)CN2C(=O)/C(=C/NC(=O)OC(C)(C)C(F)(F)F)C(C)C1. The van der Waals surface area contributed by atoms with E-state index in [1.165, 1.54) is 4.90 Å². The van der Waals surface area contributed by atoms with Crippen molar-refractivity contribution in [3.05, 3.63) is 53.9 Å². The first-order chi connectivity index (χ1) is 28.1. The third-order valence-electron chi connectivity index (χ3n) is 12.5. The molecule has 2 aliphatic carbocycles. The minimum absolute atomic E-state index is 0.00232. The lowest BCUT2D eigenvalue weighted by Gasteiger charge is -2.29. The fourth-order valence-corrected chi connectivity index (χ4v) is 9.51. The van der Waals surface area contributed by atoms with Crippen LogP contribution in [-0.2, 0) is 35.6 Å². The summed E-state index contributed by atoms with van der Waals surface area (Å²) in [5, 5.41) is 6.50. The van der Waals surface area contributed by atoms with E-state index in [0.717, 1.165) is 18.0 Å². The van der Waals surface area contributed by atoms with Gasteiger partial charge in [-0.15, -0.1) is 0 Å². The summed E-state index contributed by atoms with van der Waals surface area (Å²) in [5.41, 5.74) is -3.75. The van der Waals surface area contributed by atoms with E-state index in [0.29, 0.717) is 75.8 Å². The quantitative estimate of drug-likeness (QED) is 0.229. The Morgan fingerprint density at radius 2 is 1.82 bits per heavy atom. The van der Waals surface area contributed by atoms with Crippen molar-refractivity contribution in [3.8, 4) is 11.6 Å². The maximum Gasteiger partial charge on any atom is 0.427 e. The molecule has 6 atom stereocenters. The van der Waals surface area contributed by atoms with Gasteiger partial charge >= 0.3 is 12.3 Å². The van der Waals surface area contributed by atoms with Crippen molar-refractivity contribution < 1.29 is 55.0 Å². The highest BCUT2D eigenvalue weighted by Crippen LogP contribution is 2.48. The molecule has 4 heterocycles. The lowest BCUT2D eigenvalue weighted by atomic mass is 9.88. The van der Waals surface area contributed by atoms with E-state index in [-0.39, 0.29) is 36.8 Å². The molecular weight excluding hydrogens is 808 g/mol. The number of rotatable bonds is 7. The Bertz CT molecular complexity index is 2240. The van der Waals surface area contributed by atoms with Gasteiger partial charge in [-0.3, -0.25) is 24.4 Å². The molecule has 0 spiro atoms. The van der Waals surface area contributed by atoms with Crippen LogP contribution in [0.2, 0.25) is 0 Å². The average molecular weight is 860 g/mol. The first-order valence-electron chi connectivity index (χ1n) is 20.5. The minimum atomic E-state index is -4.88. The third-order valence-corrected chi connectivity index (χ3v) is 14.7. The standard InChI is InChI=1S/C42H52F3N5O9S/c1-24-11-6-7-12-26-21-41(26,37(53)49-60(55,56)40(5)16-17-40)48-34(51)32-20-27(58-35-29-14-9-8-13-28(29)33-31(47-35)15-10-18-57-33)23-50(32)36(52)30(25(2)19-24)22-46-38(54)59-39(3,4)42(43,44)45/h7-9,12-14,22,24-27,32H,6,10-11,15-21,23H2,1-5H3,(H,46,54)(H,48,51)(H,49,53)/b12-7?,30-22+. The molecule has 3 N–H and O–H groups in total. The van der Waals surface area contributed by atoms with Gasteiger partial charge in [0.25, 0.3) is 11.8 Å². The monoisotopic (exact) mass is 859 g/mol. The Balaban J connectivity index is 1.24. The highest BCUT2D eigenvalue weighted by molar-refractivity contribution is 7.91. The van der Waals surface area contributed by atoms with E-state index in [9.17, 15) is 40.8 Å². The first kappa shape index (κ1) is 43.2. The fraction of sp³-hybridized carbons (Fsp3) is 0.595. The molecule has 0 bridgehead atoms. The number of hydrogen-bond acceptors (Lipinski definition) is 10. The molecule has 1 saturated heterocycles. The number of hydrogen-bond donors (Lipinski definition) is 3. The molecule has 3 aliphatic heterocycles. The van der Waals surface area contributed by atoms with Crippen LogP contribution >= 0.6 is 0 Å². The molecule has 326 valence electrons. The summed E-state index contributed by atoms with van der Waals surface area (Å²) in [6.07, 6.45) is 1.47. The zero-order valence-electron chi connectivity index (χ0n) is 34.3. The lowest BCUT2D eigenvalue weighted by molar-refractivity contribution is -0.243. The summed E-state index contributed by atoms with van der Waals surface area (Å²) in [6.45, 7) is 7.07. The number of amides is 4. The number of halogens is 3. The number of allylic oxidation sites excluding steroid dienone is 1. The fourth-order valence-electron chi connectivity index (χ4n) is 8.20. The molecule has 6 unspecified atom stereocenters. The van der Waals surface area contributed by atoms with Crippen molar-refractivity contribution in [3.63, 3.8) is 0 Å². The van der Waals surface area contributed by atoms with Crippen molar-refractivity contribution in [1.82, 2.24) is 25.2 Å². The Kier molecular flexibility index (Phi) is 11.4. The molecule has 14 nitrogen and oxygen atoms in total. The number of alkyl carbamates (subject to hydrolysis) is 1. The number of benzene rings is 1. The van der Waals surface area contributed by atoms with Crippen LogP contribution in [0.25, 0.3) is 10.8 Å².